The Morgan fingerprint density at radius 3 is 2.61 bits per heavy atom. The van der Waals surface area contributed by atoms with Crippen LogP contribution in [0, 0.1) is 0 Å². The van der Waals surface area contributed by atoms with Crippen LogP contribution < -0.4 is 5.32 Å². The van der Waals surface area contributed by atoms with Crippen LogP contribution in [0.5, 0.6) is 0 Å². The summed E-state index contributed by atoms with van der Waals surface area (Å²) in [5.74, 6) is 1.23. The first-order chi connectivity index (χ1) is 16.0. The lowest BCUT2D eigenvalue weighted by Gasteiger charge is -2.36. The SMILES string of the molecule is CCC1c2cc(NC(=O)c3ccc(C=NN4CCSCC4)cc3)ccc2CCN1CC(=O)O. The van der Waals surface area contributed by atoms with Gasteiger partial charge >= 0.3 is 5.97 Å². The van der Waals surface area contributed by atoms with Gasteiger partial charge in [0.05, 0.1) is 12.8 Å². The van der Waals surface area contributed by atoms with Crippen molar-refractivity contribution < 1.29 is 14.7 Å². The monoisotopic (exact) mass is 466 g/mol. The number of hydrogen-bond donors (Lipinski definition) is 2. The second-order valence-corrected chi connectivity index (χ2v) is 9.56. The molecule has 7 nitrogen and oxygen atoms in total. The predicted octanol–water partition coefficient (Wildman–Crippen LogP) is 3.72. The van der Waals surface area contributed by atoms with E-state index in [0.717, 1.165) is 60.8 Å². The van der Waals surface area contributed by atoms with Crippen molar-refractivity contribution in [2.45, 2.75) is 25.8 Å². The van der Waals surface area contributed by atoms with Gasteiger partial charge in [0.1, 0.15) is 0 Å². The Kier molecular flexibility index (Phi) is 7.67. The van der Waals surface area contributed by atoms with Crippen molar-refractivity contribution in [1.82, 2.24) is 9.91 Å². The first-order valence-corrected chi connectivity index (χ1v) is 12.6. The summed E-state index contributed by atoms with van der Waals surface area (Å²) in [4.78, 5) is 26.1. The van der Waals surface area contributed by atoms with E-state index in [4.69, 9.17) is 0 Å². The highest BCUT2D eigenvalue weighted by Gasteiger charge is 2.27. The summed E-state index contributed by atoms with van der Waals surface area (Å²) >= 11 is 1.95. The quantitative estimate of drug-likeness (QED) is 0.605. The molecule has 0 aliphatic carbocycles. The zero-order valence-corrected chi connectivity index (χ0v) is 19.7. The van der Waals surface area contributed by atoms with Crippen molar-refractivity contribution in [3.05, 3.63) is 64.7 Å². The summed E-state index contributed by atoms with van der Waals surface area (Å²) in [6.07, 6.45) is 3.47. The largest absolute Gasteiger partial charge is 0.480 e. The van der Waals surface area contributed by atoms with Crippen LogP contribution in [0.15, 0.2) is 47.6 Å². The van der Waals surface area contributed by atoms with Gasteiger partial charge in [-0.1, -0.05) is 25.1 Å². The zero-order valence-electron chi connectivity index (χ0n) is 18.9. The minimum atomic E-state index is -0.815. The molecule has 1 fully saturated rings. The molecule has 2 heterocycles. The minimum Gasteiger partial charge on any atom is -0.480 e. The Balaban J connectivity index is 1.42. The Hall–Kier alpha value is -2.84. The molecular formula is C25H30N4O3S. The van der Waals surface area contributed by atoms with E-state index >= 15 is 0 Å². The van der Waals surface area contributed by atoms with Gasteiger partial charge < -0.3 is 10.4 Å². The molecule has 0 bridgehead atoms. The lowest BCUT2D eigenvalue weighted by atomic mass is 9.90. The number of carbonyl (C=O) groups excluding carboxylic acids is 1. The average Bonchev–Trinajstić information content (AvgIpc) is 2.83. The third-order valence-corrected chi connectivity index (χ3v) is 7.07. The number of fused-ring (bicyclic) bond motifs is 1. The number of nitrogens with one attached hydrogen (secondary N) is 1. The molecule has 4 rings (SSSR count). The fourth-order valence-corrected chi connectivity index (χ4v) is 5.29. The maximum atomic E-state index is 12.8. The standard InChI is InChI=1S/C25H30N4O3S/c1-2-23-22-15-21(8-7-19(22)9-10-28(23)17-24(30)31)27-25(32)20-5-3-18(4-6-20)16-26-29-11-13-33-14-12-29/h3-8,15-16,23H,2,9-14,17H2,1H3,(H,27,32)(H,30,31). The van der Waals surface area contributed by atoms with Gasteiger partial charge in [-0.05, 0) is 53.8 Å². The molecule has 2 N–H and O–H groups in total. The molecule has 0 saturated carbocycles. The molecule has 8 heteroatoms. The maximum absolute atomic E-state index is 12.8. The average molecular weight is 467 g/mol. The number of carbonyl (C=O) groups is 2. The highest BCUT2D eigenvalue weighted by molar-refractivity contribution is 7.99. The van der Waals surface area contributed by atoms with E-state index in [2.05, 4.69) is 22.4 Å². The molecule has 1 unspecified atom stereocenters. The van der Waals surface area contributed by atoms with Crippen LogP contribution in [0.2, 0.25) is 0 Å². The number of thioether (sulfide) groups is 1. The smallest absolute Gasteiger partial charge is 0.317 e. The van der Waals surface area contributed by atoms with Crippen molar-refractivity contribution in [2.24, 2.45) is 5.10 Å². The first-order valence-electron chi connectivity index (χ1n) is 11.4. The third-order valence-electron chi connectivity index (χ3n) is 6.13. The number of amides is 1. The molecule has 1 saturated heterocycles. The lowest BCUT2D eigenvalue weighted by molar-refractivity contribution is -0.139. The van der Waals surface area contributed by atoms with E-state index in [9.17, 15) is 14.7 Å². The maximum Gasteiger partial charge on any atom is 0.317 e. The lowest BCUT2D eigenvalue weighted by Crippen LogP contribution is -2.38. The van der Waals surface area contributed by atoms with Gasteiger partial charge in [-0.2, -0.15) is 16.9 Å². The molecule has 2 aromatic rings. The molecule has 2 aromatic carbocycles. The zero-order chi connectivity index (χ0) is 23.2. The summed E-state index contributed by atoms with van der Waals surface area (Å²) in [6, 6.07) is 13.4. The van der Waals surface area contributed by atoms with Crippen LogP contribution >= 0.6 is 11.8 Å². The predicted molar refractivity (Wildman–Crippen MR) is 133 cm³/mol. The number of carboxylic acids is 1. The van der Waals surface area contributed by atoms with Gasteiger partial charge in [-0.25, -0.2) is 0 Å². The van der Waals surface area contributed by atoms with Crippen molar-refractivity contribution in [3.63, 3.8) is 0 Å². The molecule has 1 atom stereocenters. The molecule has 0 spiro atoms. The number of rotatable bonds is 7. The minimum absolute atomic E-state index is 0.0287. The molecule has 1 amide bonds. The summed E-state index contributed by atoms with van der Waals surface area (Å²) in [5, 5.41) is 18.8. The van der Waals surface area contributed by atoms with Crippen molar-refractivity contribution in [1.29, 1.82) is 0 Å². The number of benzene rings is 2. The van der Waals surface area contributed by atoms with E-state index < -0.39 is 5.97 Å². The van der Waals surface area contributed by atoms with Gasteiger partial charge in [0.2, 0.25) is 0 Å². The fraction of sp³-hybridized carbons (Fsp3) is 0.400. The Labute approximate surface area is 198 Å². The molecular weight excluding hydrogens is 436 g/mol. The summed E-state index contributed by atoms with van der Waals surface area (Å²) in [6.45, 7) is 4.76. The van der Waals surface area contributed by atoms with Gasteiger partial charge in [-0.3, -0.25) is 19.5 Å². The number of anilines is 1. The summed E-state index contributed by atoms with van der Waals surface area (Å²) in [7, 11) is 0. The van der Waals surface area contributed by atoms with Gasteiger partial charge in [0, 0.05) is 48.4 Å². The molecule has 33 heavy (non-hydrogen) atoms. The van der Waals surface area contributed by atoms with Crippen molar-refractivity contribution in [3.8, 4) is 0 Å². The van der Waals surface area contributed by atoms with E-state index in [1.165, 1.54) is 5.56 Å². The van der Waals surface area contributed by atoms with Gasteiger partial charge in [0.15, 0.2) is 0 Å². The first kappa shape index (κ1) is 23.3. The number of carboxylic acid groups (broad SMARTS) is 1. The van der Waals surface area contributed by atoms with E-state index in [1.54, 1.807) is 0 Å². The molecule has 174 valence electrons. The van der Waals surface area contributed by atoms with Gasteiger partial charge in [0.25, 0.3) is 5.91 Å². The van der Waals surface area contributed by atoms with Crippen LogP contribution in [-0.4, -0.2) is 70.8 Å². The second kappa shape index (κ2) is 10.9. The Morgan fingerprint density at radius 2 is 1.91 bits per heavy atom. The molecule has 2 aliphatic rings. The van der Waals surface area contributed by atoms with E-state index in [0.29, 0.717) is 5.56 Å². The number of nitrogens with zero attached hydrogens (tertiary/aromatic N) is 3. The molecule has 0 radical (unpaired) electrons. The highest BCUT2D eigenvalue weighted by atomic mass is 32.2. The Morgan fingerprint density at radius 1 is 1.15 bits per heavy atom. The van der Waals surface area contributed by atoms with Crippen LogP contribution in [0.4, 0.5) is 5.69 Å². The third kappa shape index (κ3) is 5.94. The Bertz CT molecular complexity index is 1020. The van der Waals surface area contributed by atoms with Crippen LogP contribution in [0.1, 0.15) is 46.4 Å². The molecule has 0 aromatic heterocycles. The number of hydrogen-bond acceptors (Lipinski definition) is 6. The topological polar surface area (TPSA) is 85.2 Å². The highest BCUT2D eigenvalue weighted by Crippen LogP contribution is 2.33. The summed E-state index contributed by atoms with van der Waals surface area (Å²) in [5.41, 5.74) is 4.59. The number of aliphatic carboxylic acids is 1. The van der Waals surface area contributed by atoms with E-state index in [-0.39, 0.29) is 18.5 Å². The van der Waals surface area contributed by atoms with Crippen LogP contribution in [0.25, 0.3) is 0 Å². The van der Waals surface area contributed by atoms with Gasteiger partial charge in [-0.15, -0.1) is 0 Å². The fourth-order valence-electron chi connectivity index (χ4n) is 4.41. The summed E-state index contributed by atoms with van der Waals surface area (Å²) < 4.78 is 0. The van der Waals surface area contributed by atoms with Crippen LogP contribution in [-0.2, 0) is 11.2 Å². The van der Waals surface area contributed by atoms with Crippen molar-refractivity contribution >= 4 is 35.5 Å². The normalized spacial score (nSPS) is 18.8. The second-order valence-electron chi connectivity index (χ2n) is 8.34. The van der Waals surface area contributed by atoms with Crippen molar-refractivity contribution in [2.75, 3.05) is 43.0 Å². The van der Waals surface area contributed by atoms with Crippen LogP contribution in [0.3, 0.4) is 0 Å². The molecule has 2 aliphatic heterocycles. The van der Waals surface area contributed by atoms with E-state index in [1.807, 2.05) is 65.3 Å². The number of hydrazone groups is 1.